The first kappa shape index (κ1) is 90.1. The van der Waals surface area contributed by atoms with Crippen molar-refractivity contribution in [2.24, 2.45) is 45.7 Å². The van der Waals surface area contributed by atoms with Crippen LogP contribution in [-0.4, -0.2) is 217 Å². The number of methoxy groups -OCH3 is 1. The maximum Gasteiger partial charge on any atom is 0.408 e. The number of amides is 14. The molecule has 598 valence electrons. The Morgan fingerprint density at radius 3 is 1.49 bits per heavy atom. The molecule has 0 bridgehead atoms. The molecule has 2 saturated heterocycles. The van der Waals surface area contributed by atoms with E-state index in [1.807, 2.05) is 26.2 Å². The van der Waals surface area contributed by atoms with Gasteiger partial charge in [-0.1, -0.05) is 102 Å². The summed E-state index contributed by atoms with van der Waals surface area (Å²) < 4.78 is 15.6. The highest BCUT2D eigenvalue weighted by Crippen LogP contribution is 2.24. The molecule has 2 aromatic rings. The van der Waals surface area contributed by atoms with Crippen LogP contribution in [0.3, 0.4) is 0 Å². The van der Waals surface area contributed by atoms with Gasteiger partial charge >= 0.3 is 18.2 Å². The van der Waals surface area contributed by atoms with Crippen molar-refractivity contribution in [2.75, 3.05) is 51.8 Å². The summed E-state index contributed by atoms with van der Waals surface area (Å²) in [4.78, 5) is 212. The molecule has 0 aromatic heterocycles. The number of nitrogens with two attached hydrogens (primary N) is 4. The van der Waals surface area contributed by atoms with Gasteiger partial charge in [-0.05, 0) is 124 Å². The third kappa shape index (κ3) is 32.0. The predicted octanol–water partition coefficient (Wildman–Crippen LogP) is -0.261. The number of guanidine groups is 1. The number of alkyl carbamates (subject to hydrolysis) is 2. The monoisotopic (exact) mass is 1530 g/mol. The summed E-state index contributed by atoms with van der Waals surface area (Å²) >= 11 is 1.46. The molecular weight excluding hydrogens is 1420 g/mol. The maximum atomic E-state index is 15.1. The minimum atomic E-state index is -1.65. The van der Waals surface area contributed by atoms with Gasteiger partial charge in [-0.25, -0.2) is 14.4 Å². The number of primary amides is 2. The number of hydrogen-bond acceptors (Lipinski definition) is 20. The van der Waals surface area contributed by atoms with Crippen molar-refractivity contribution < 1.29 is 86.1 Å². The average molecular weight is 1530 g/mol. The molecule has 35 nitrogen and oxygen atoms in total. The van der Waals surface area contributed by atoms with E-state index in [9.17, 15) is 67.1 Å². The van der Waals surface area contributed by atoms with Crippen molar-refractivity contribution in [3.8, 4) is 0 Å². The molecular formula is C72H111N17O18S. The summed E-state index contributed by atoms with van der Waals surface area (Å²) in [5.74, 6) is -11.6. The molecule has 36 heteroatoms. The number of thioether (sulfide) groups is 1. The van der Waals surface area contributed by atoms with Crippen molar-refractivity contribution in [3.63, 3.8) is 0 Å². The fourth-order valence-corrected chi connectivity index (χ4v) is 12.5. The van der Waals surface area contributed by atoms with Gasteiger partial charge in [0.05, 0.1) is 13.7 Å². The van der Waals surface area contributed by atoms with Gasteiger partial charge in [-0.2, -0.15) is 11.8 Å². The molecule has 2 aromatic carbocycles. The molecule has 18 N–H and O–H groups in total. The van der Waals surface area contributed by atoms with Crippen LogP contribution >= 0.6 is 11.8 Å². The minimum absolute atomic E-state index is 0.00766. The van der Waals surface area contributed by atoms with Crippen LogP contribution in [0.2, 0.25) is 0 Å². The Morgan fingerprint density at radius 2 is 0.981 bits per heavy atom. The quantitative estimate of drug-likeness (QED) is 0.0133. The number of benzene rings is 2. The third-order valence-electron chi connectivity index (χ3n) is 17.8. The Balaban J connectivity index is 1.54. The van der Waals surface area contributed by atoms with Crippen LogP contribution in [0.25, 0.3) is 0 Å². The second-order valence-corrected chi connectivity index (χ2v) is 28.5. The second-order valence-electron chi connectivity index (χ2n) is 27.6. The van der Waals surface area contributed by atoms with E-state index in [4.69, 9.17) is 37.1 Å². The number of carbonyl (C=O) groups is 15. The smallest absolute Gasteiger partial charge is 0.408 e. The van der Waals surface area contributed by atoms with Gasteiger partial charge in [-0.15, -0.1) is 0 Å². The molecule has 2 fully saturated rings. The van der Waals surface area contributed by atoms with Gasteiger partial charge in [0, 0.05) is 39.0 Å². The summed E-state index contributed by atoms with van der Waals surface area (Å²) in [5.41, 5.74) is 23.6. The highest BCUT2D eigenvalue weighted by atomic mass is 32.2. The van der Waals surface area contributed by atoms with Crippen molar-refractivity contribution in [2.45, 2.75) is 211 Å². The largest absolute Gasteiger partial charge is 0.467 e. The molecule has 4 rings (SSSR count). The van der Waals surface area contributed by atoms with Crippen LogP contribution in [0.4, 0.5) is 9.59 Å². The lowest BCUT2D eigenvalue weighted by Crippen LogP contribution is -2.61. The van der Waals surface area contributed by atoms with E-state index in [1.54, 1.807) is 82.3 Å². The first-order valence-corrected chi connectivity index (χ1v) is 37.8. The Labute approximate surface area is 634 Å². The Morgan fingerprint density at radius 1 is 0.509 bits per heavy atom. The number of unbranched alkanes of at least 4 members (excludes halogenated alkanes) is 1. The fourth-order valence-electron chi connectivity index (χ4n) is 12.0. The van der Waals surface area contributed by atoms with Crippen LogP contribution in [0, 0.1) is 17.8 Å². The summed E-state index contributed by atoms with van der Waals surface area (Å²) in [6.45, 7) is 9.57. The molecule has 10 atom stereocenters. The number of carbonyl (C=O) groups excluding carboxylic acids is 15. The van der Waals surface area contributed by atoms with E-state index < -0.39 is 194 Å². The van der Waals surface area contributed by atoms with Crippen molar-refractivity contribution in [1.82, 2.24) is 63.0 Å². The van der Waals surface area contributed by atoms with Gasteiger partial charge in [0.1, 0.15) is 73.6 Å². The van der Waals surface area contributed by atoms with Gasteiger partial charge in [0.25, 0.3) is 0 Å². The molecule has 0 saturated carbocycles. The van der Waals surface area contributed by atoms with Crippen LogP contribution in [0.1, 0.15) is 149 Å². The standard InChI is InChI=1S/C72H111N17O18S/c1-42(2)38-52(62(95)84-51(32-37-108-8)69(102)105-7)80-57(92)39-79-65(98)58(43(3)4)87-66(99)59(44(5)6)86-61(94)48(29-31-56(74)91)81-60(93)47(28-30-55(73)90)82-63(96)53-26-18-35-88(53)67(100)49(24-15-16-33-78-71(103)106-40-45-20-11-9-12-21-45)83-64(97)54-27-19-36-89(54)68(101)50(25-17-34-77-70(75)76)85-72(104)107-41-46-22-13-10-14-23-46/h9-14,20-23,42-44,47-54,58-59H,15-19,24-41H2,1-8H3,(H2,73,90)(H2,74,91)(H,78,103)(H,79,98)(H,80,92)(H,81,93)(H,82,96)(H,83,97)(H,84,95)(H,85,104)(H,86,94)(H,87,99)(H4,75,76,77)/t47-,48-,49-,50-,51+,52-,53-,54-,58-,59+/m0/s1. The Kier molecular flexibility index (Phi) is 39.5. The van der Waals surface area contributed by atoms with E-state index >= 15 is 4.79 Å². The topological polar surface area (TPSA) is 527 Å². The zero-order chi connectivity index (χ0) is 80.0. The maximum absolute atomic E-state index is 15.1. The Bertz CT molecular complexity index is 3390. The van der Waals surface area contributed by atoms with Crippen LogP contribution in [-0.2, 0) is 89.8 Å². The summed E-state index contributed by atoms with van der Waals surface area (Å²) in [6, 6.07) is 4.74. The number of likely N-dealkylation sites (tertiary alicyclic amines) is 2. The first-order valence-electron chi connectivity index (χ1n) is 36.4. The number of esters is 1. The molecule has 0 aliphatic carbocycles. The second kappa shape index (κ2) is 47.4. The fraction of sp³-hybridized carbons (Fsp3) is 0.611. The number of nitrogens with zero attached hydrogens (tertiary/aromatic N) is 3. The molecule has 108 heavy (non-hydrogen) atoms. The lowest BCUT2D eigenvalue weighted by molar-refractivity contribution is -0.145. The van der Waals surface area contributed by atoms with E-state index in [2.05, 4.69) is 58.2 Å². The lowest BCUT2D eigenvalue weighted by Gasteiger charge is -2.32. The number of rotatable bonds is 46. The molecule has 0 spiro atoms. The number of hydrogen-bond donors (Lipinski definition) is 14. The zero-order valence-corrected chi connectivity index (χ0v) is 63.8. The average Bonchev–Trinajstić information content (AvgIpc) is 1.63. The van der Waals surface area contributed by atoms with Gasteiger partial charge in [0.2, 0.25) is 70.9 Å². The Hall–Kier alpha value is -10.3. The molecule has 14 amide bonds. The lowest BCUT2D eigenvalue weighted by atomic mass is 9.99. The van der Waals surface area contributed by atoms with Crippen LogP contribution < -0.4 is 76.1 Å². The number of aliphatic imine (C=N–C) groups is 1. The molecule has 0 unspecified atom stereocenters. The molecule has 0 radical (unpaired) electrons. The van der Waals surface area contributed by atoms with Crippen molar-refractivity contribution in [1.29, 1.82) is 0 Å². The summed E-state index contributed by atoms with van der Waals surface area (Å²) in [7, 11) is 1.19. The summed E-state index contributed by atoms with van der Waals surface area (Å²) in [6.07, 6.45) is 0.365. The van der Waals surface area contributed by atoms with Gasteiger partial charge in [-0.3, -0.25) is 62.5 Å². The van der Waals surface area contributed by atoms with E-state index in [-0.39, 0.29) is 115 Å². The van der Waals surface area contributed by atoms with Gasteiger partial charge in [0.15, 0.2) is 5.96 Å². The van der Waals surface area contributed by atoms with Crippen LogP contribution in [0.15, 0.2) is 65.7 Å². The van der Waals surface area contributed by atoms with E-state index in [0.29, 0.717) is 17.7 Å². The first-order chi connectivity index (χ1) is 51.3. The van der Waals surface area contributed by atoms with Crippen molar-refractivity contribution in [3.05, 3.63) is 71.8 Å². The predicted molar refractivity (Wildman–Crippen MR) is 399 cm³/mol. The highest BCUT2D eigenvalue weighted by Gasteiger charge is 2.43. The SMILES string of the molecule is COC(=O)[C@@H](CCSC)NC(=O)[C@H](CC(C)C)NC(=O)CNC(=O)[C@@H](NC(=O)[C@H](NC(=O)[C@H](CCC(N)=O)NC(=O)[C@H](CCC(N)=O)NC(=O)[C@@H]1CCCN1C(=O)[C@H](CCCCNC(=O)OCc1ccccc1)NC(=O)[C@@H]1CCCN1C(=O)[C@H](CCCN=C(N)N)NC(=O)OCc1ccccc1)C(C)C)C(C)C. The normalized spacial score (nSPS) is 16.1. The number of nitrogens with one attached hydrogen (secondary N) is 10. The number of ether oxygens (including phenoxy) is 3. The zero-order valence-electron chi connectivity index (χ0n) is 63.0. The van der Waals surface area contributed by atoms with Crippen molar-refractivity contribution >= 4 is 107 Å². The minimum Gasteiger partial charge on any atom is -0.467 e. The molecule has 2 aliphatic rings. The van der Waals surface area contributed by atoms with E-state index in [1.165, 1.54) is 28.7 Å². The van der Waals surface area contributed by atoms with Crippen LogP contribution in [0.5, 0.6) is 0 Å². The van der Waals surface area contributed by atoms with E-state index in [0.717, 1.165) is 5.56 Å². The highest BCUT2D eigenvalue weighted by molar-refractivity contribution is 7.98. The summed E-state index contributed by atoms with van der Waals surface area (Å²) in [5, 5.41) is 26.2. The third-order valence-corrected chi connectivity index (χ3v) is 18.4. The van der Waals surface area contributed by atoms with Gasteiger partial charge < -0.3 is 100 Å². The molecule has 2 heterocycles. The molecule has 2 aliphatic heterocycles.